The number of carbonyl (C=O) groups excluding carboxylic acids is 1. The molecule has 1 atom stereocenters. The fourth-order valence-corrected chi connectivity index (χ4v) is 7.00. The molecule has 1 saturated heterocycles. The monoisotopic (exact) mass is 462 g/mol. The van der Waals surface area contributed by atoms with Crippen LogP contribution < -0.4 is 5.32 Å². The molecule has 5 nitrogen and oxygen atoms in total. The predicted octanol–water partition coefficient (Wildman–Crippen LogP) is 3.33. The van der Waals surface area contributed by atoms with E-state index in [9.17, 15) is 13.2 Å². The maximum Gasteiger partial charge on any atom is 0.252 e. The molecule has 1 unspecified atom stereocenters. The number of thiophene rings is 2. The number of nitrogens with zero attached hydrogens (tertiary/aromatic N) is 1. The van der Waals surface area contributed by atoms with Gasteiger partial charge in [0.05, 0.1) is 9.70 Å². The highest BCUT2D eigenvalue weighted by Crippen LogP contribution is 2.26. The Bertz CT molecular complexity index is 818. The number of piperidine rings is 1. The maximum absolute atomic E-state index is 12.6. The second-order valence-electron chi connectivity index (χ2n) is 5.88. The van der Waals surface area contributed by atoms with E-state index in [1.54, 1.807) is 28.8 Å². The lowest BCUT2D eigenvalue weighted by molar-refractivity contribution is -0.126. The number of halogens is 1. The zero-order chi connectivity index (χ0) is 17.9. The van der Waals surface area contributed by atoms with Crippen LogP contribution in [0.25, 0.3) is 0 Å². The summed E-state index contributed by atoms with van der Waals surface area (Å²) in [5.41, 5.74) is 0. The first kappa shape index (κ1) is 19.0. The minimum absolute atomic E-state index is 0.0540. The van der Waals surface area contributed by atoms with E-state index in [1.165, 1.54) is 20.5 Å². The van der Waals surface area contributed by atoms with E-state index in [0.29, 0.717) is 23.7 Å². The Hall–Kier alpha value is -0.740. The number of amides is 1. The van der Waals surface area contributed by atoms with Gasteiger partial charge in [0.1, 0.15) is 4.21 Å². The van der Waals surface area contributed by atoms with Gasteiger partial charge in [-0.25, -0.2) is 8.42 Å². The molecule has 25 heavy (non-hydrogen) atoms. The number of carbonyl (C=O) groups is 1. The summed E-state index contributed by atoms with van der Waals surface area (Å²) in [5, 5.41) is 4.70. The van der Waals surface area contributed by atoms with E-state index in [-0.39, 0.29) is 18.4 Å². The second kappa shape index (κ2) is 8.30. The lowest BCUT2D eigenvalue weighted by Crippen LogP contribution is -2.45. The van der Waals surface area contributed by atoms with E-state index in [2.05, 4.69) is 21.2 Å². The van der Waals surface area contributed by atoms with Crippen LogP contribution in [-0.2, 0) is 21.2 Å². The molecule has 1 aliphatic rings. The van der Waals surface area contributed by atoms with Crippen molar-refractivity contribution in [1.82, 2.24) is 9.62 Å². The minimum Gasteiger partial charge on any atom is -0.355 e. The average molecular weight is 463 g/mol. The number of hydrogen-bond donors (Lipinski definition) is 1. The highest BCUT2D eigenvalue weighted by Gasteiger charge is 2.33. The molecule has 0 bridgehead atoms. The summed E-state index contributed by atoms with van der Waals surface area (Å²) in [6.07, 6.45) is 2.22. The molecule has 1 fully saturated rings. The Morgan fingerprint density at radius 3 is 2.88 bits per heavy atom. The first-order valence-electron chi connectivity index (χ1n) is 8.02. The summed E-state index contributed by atoms with van der Waals surface area (Å²) in [7, 11) is -3.48. The Morgan fingerprint density at radius 1 is 1.36 bits per heavy atom. The van der Waals surface area contributed by atoms with Gasteiger partial charge in [-0.1, -0.05) is 6.07 Å². The molecule has 0 aromatic carbocycles. The number of sulfonamides is 1. The van der Waals surface area contributed by atoms with Gasteiger partial charge < -0.3 is 5.32 Å². The third kappa shape index (κ3) is 4.71. The quantitative estimate of drug-likeness (QED) is 0.715. The fraction of sp³-hybridized carbons (Fsp3) is 0.438. The van der Waals surface area contributed by atoms with Gasteiger partial charge >= 0.3 is 0 Å². The molecule has 0 radical (unpaired) electrons. The highest BCUT2D eigenvalue weighted by atomic mass is 79.9. The van der Waals surface area contributed by atoms with Crippen LogP contribution in [0.2, 0.25) is 0 Å². The lowest BCUT2D eigenvalue weighted by atomic mass is 9.99. The van der Waals surface area contributed by atoms with Crippen LogP contribution >= 0.6 is 38.6 Å². The van der Waals surface area contributed by atoms with Crippen LogP contribution in [-0.4, -0.2) is 38.3 Å². The maximum atomic E-state index is 12.6. The van der Waals surface area contributed by atoms with Crippen molar-refractivity contribution in [2.75, 3.05) is 19.6 Å². The topological polar surface area (TPSA) is 66.5 Å². The number of rotatable bonds is 6. The number of nitrogens with one attached hydrogen (secondary N) is 1. The molecule has 0 spiro atoms. The molecule has 1 aliphatic heterocycles. The Balaban J connectivity index is 1.54. The van der Waals surface area contributed by atoms with Crippen molar-refractivity contribution in [2.45, 2.75) is 23.5 Å². The van der Waals surface area contributed by atoms with Crippen LogP contribution in [0.4, 0.5) is 0 Å². The van der Waals surface area contributed by atoms with Gasteiger partial charge in [0.25, 0.3) is 10.0 Å². The Morgan fingerprint density at radius 2 is 2.20 bits per heavy atom. The Labute approximate surface area is 164 Å². The van der Waals surface area contributed by atoms with Crippen LogP contribution in [0.15, 0.2) is 37.6 Å². The van der Waals surface area contributed by atoms with Crippen molar-refractivity contribution in [3.8, 4) is 0 Å². The van der Waals surface area contributed by atoms with Gasteiger partial charge in [0.2, 0.25) is 5.91 Å². The van der Waals surface area contributed by atoms with E-state index in [4.69, 9.17) is 0 Å². The van der Waals surface area contributed by atoms with Gasteiger partial charge in [0.15, 0.2) is 0 Å². The summed E-state index contributed by atoms with van der Waals surface area (Å²) >= 11 is 6.30. The fourth-order valence-electron chi connectivity index (χ4n) is 2.85. The normalized spacial score (nSPS) is 19.0. The molecule has 136 valence electrons. The third-order valence-electron chi connectivity index (χ3n) is 4.14. The van der Waals surface area contributed by atoms with Gasteiger partial charge in [-0.15, -0.1) is 22.7 Å². The van der Waals surface area contributed by atoms with Gasteiger partial charge in [0, 0.05) is 24.5 Å². The zero-order valence-corrected chi connectivity index (χ0v) is 17.5. The van der Waals surface area contributed by atoms with Gasteiger partial charge in [-0.2, -0.15) is 4.31 Å². The van der Waals surface area contributed by atoms with E-state index >= 15 is 0 Å². The van der Waals surface area contributed by atoms with Crippen molar-refractivity contribution in [3.05, 3.63) is 38.3 Å². The van der Waals surface area contributed by atoms with Crippen LogP contribution in [0, 0.1) is 5.92 Å². The summed E-state index contributed by atoms with van der Waals surface area (Å²) in [5.74, 6) is -0.333. The molecule has 1 amide bonds. The zero-order valence-electron chi connectivity index (χ0n) is 13.5. The van der Waals surface area contributed by atoms with Crippen molar-refractivity contribution in [2.24, 2.45) is 5.92 Å². The largest absolute Gasteiger partial charge is 0.355 e. The van der Waals surface area contributed by atoms with Crippen molar-refractivity contribution in [1.29, 1.82) is 0 Å². The molecule has 2 aromatic rings. The lowest BCUT2D eigenvalue weighted by Gasteiger charge is -2.30. The van der Waals surface area contributed by atoms with Gasteiger partial charge in [-0.3, -0.25) is 4.79 Å². The second-order valence-corrected chi connectivity index (χ2v) is 11.5. The van der Waals surface area contributed by atoms with E-state index in [0.717, 1.165) is 16.6 Å². The molecule has 2 aromatic heterocycles. The molecule has 3 heterocycles. The molecule has 0 aliphatic carbocycles. The van der Waals surface area contributed by atoms with Crippen molar-refractivity contribution >= 4 is 54.5 Å². The standard InChI is InChI=1S/C16H19BrN2O3S3/c17-14-6-5-13(24-14)7-8-18-16(20)12-3-1-9-19(11-12)25(21,22)15-4-2-10-23-15/h2,4-6,10,12H,1,3,7-9,11H2,(H,18,20). The summed E-state index contributed by atoms with van der Waals surface area (Å²) in [6, 6.07) is 7.38. The smallest absolute Gasteiger partial charge is 0.252 e. The summed E-state index contributed by atoms with van der Waals surface area (Å²) in [4.78, 5) is 13.6. The van der Waals surface area contributed by atoms with Crippen molar-refractivity contribution in [3.63, 3.8) is 0 Å². The summed E-state index contributed by atoms with van der Waals surface area (Å²) < 4.78 is 28.1. The average Bonchev–Trinajstić information content (AvgIpc) is 3.27. The molecule has 9 heteroatoms. The SMILES string of the molecule is O=C(NCCc1ccc(Br)s1)C1CCCN(S(=O)(=O)c2cccs2)C1. The minimum atomic E-state index is -3.48. The van der Waals surface area contributed by atoms with Crippen LogP contribution in [0.3, 0.4) is 0 Å². The molecule has 1 N–H and O–H groups in total. The summed E-state index contributed by atoms with van der Waals surface area (Å²) in [6.45, 7) is 1.31. The van der Waals surface area contributed by atoms with Crippen molar-refractivity contribution < 1.29 is 13.2 Å². The third-order valence-corrected chi connectivity index (χ3v) is 9.07. The highest BCUT2D eigenvalue weighted by molar-refractivity contribution is 9.11. The van der Waals surface area contributed by atoms with E-state index in [1.807, 2.05) is 12.1 Å². The van der Waals surface area contributed by atoms with Gasteiger partial charge in [-0.05, 0) is 58.8 Å². The first-order valence-corrected chi connectivity index (χ1v) is 12.0. The van der Waals surface area contributed by atoms with E-state index < -0.39 is 10.0 Å². The first-order chi connectivity index (χ1) is 12.0. The predicted molar refractivity (Wildman–Crippen MR) is 105 cm³/mol. The molecular formula is C16H19BrN2O3S3. The number of hydrogen-bond acceptors (Lipinski definition) is 5. The molecular weight excluding hydrogens is 444 g/mol. The van der Waals surface area contributed by atoms with Crippen LogP contribution in [0.1, 0.15) is 17.7 Å². The Kier molecular flexibility index (Phi) is 6.32. The molecule has 3 rings (SSSR count). The van der Waals surface area contributed by atoms with Crippen LogP contribution in [0.5, 0.6) is 0 Å². The molecule has 0 saturated carbocycles.